The van der Waals surface area contributed by atoms with Crippen LogP contribution in [-0.4, -0.2) is 11.2 Å². The first kappa shape index (κ1) is 21.0. The van der Waals surface area contributed by atoms with Crippen LogP contribution in [0.1, 0.15) is 98.8 Å². The molecule has 0 aromatic rings. The molecule has 0 heterocycles. The third-order valence-electron chi connectivity index (χ3n) is 10.7. The molecule has 4 aliphatic rings. The Balaban J connectivity index is 1.51. The molecule has 4 aliphatic carbocycles. The van der Waals surface area contributed by atoms with Crippen LogP contribution in [0.4, 0.5) is 0 Å². The lowest BCUT2D eigenvalue weighted by atomic mass is 9.44. The normalized spacial score (nSPS) is 50.6. The molecule has 0 aromatic heterocycles. The van der Waals surface area contributed by atoms with Crippen molar-refractivity contribution in [1.29, 1.82) is 0 Å². The van der Waals surface area contributed by atoms with Crippen LogP contribution in [-0.2, 0) is 0 Å². The van der Waals surface area contributed by atoms with Crippen molar-refractivity contribution in [3.63, 3.8) is 0 Å². The lowest BCUT2D eigenvalue weighted by Crippen LogP contribution is -2.54. The maximum absolute atomic E-state index is 10.2. The standard InChI is InChI=1S/C27H46O/c1-6-18(2)7-8-19(3)23-11-12-24-22-10-9-20-17-21(28)13-15-26(20,4)25(22)14-16-27(23,24)5/h7-8,18-25,28H,6,9-17H2,1-5H3/t18-,19-,20-,21-,22-,23+,24-,25-,26-,27+/m0/s1. The summed E-state index contributed by atoms with van der Waals surface area (Å²) in [6.07, 6.45) is 18.4. The Morgan fingerprint density at radius 2 is 1.61 bits per heavy atom. The van der Waals surface area contributed by atoms with E-state index >= 15 is 0 Å². The molecule has 160 valence electrons. The average molecular weight is 387 g/mol. The zero-order chi connectivity index (χ0) is 20.1. The molecule has 1 N–H and O–H groups in total. The summed E-state index contributed by atoms with van der Waals surface area (Å²) < 4.78 is 0. The van der Waals surface area contributed by atoms with E-state index in [1.807, 2.05) is 0 Å². The van der Waals surface area contributed by atoms with Crippen molar-refractivity contribution in [1.82, 2.24) is 0 Å². The Kier molecular flexibility index (Phi) is 5.80. The maximum atomic E-state index is 10.2. The average Bonchev–Trinajstić information content (AvgIpc) is 3.03. The summed E-state index contributed by atoms with van der Waals surface area (Å²) >= 11 is 0. The molecule has 28 heavy (non-hydrogen) atoms. The minimum atomic E-state index is -0.0162. The van der Waals surface area contributed by atoms with Crippen molar-refractivity contribution in [2.75, 3.05) is 0 Å². The van der Waals surface area contributed by atoms with Gasteiger partial charge in [-0.1, -0.05) is 53.2 Å². The summed E-state index contributed by atoms with van der Waals surface area (Å²) in [5, 5.41) is 10.2. The molecule has 1 heteroatoms. The second kappa shape index (κ2) is 7.75. The SMILES string of the molecule is CC[C@H](C)C=C[C@H](C)[C@H]1CC[C@H]2[C@@H]3CC[C@H]4C[C@@H](O)CC[C@]4(C)[C@H]3CC[C@]12C. The molecule has 4 saturated carbocycles. The molecule has 1 nitrogen and oxygen atoms in total. The summed E-state index contributed by atoms with van der Waals surface area (Å²) in [6, 6.07) is 0. The number of aliphatic hydroxyl groups is 1. The van der Waals surface area contributed by atoms with Gasteiger partial charge in [-0.15, -0.1) is 0 Å². The summed E-state index contributed by atoms with van der Waals surface area (Å²) in [5.41, 5.74) is 1.08. The maximum Gasteiger partial charge on any atom is 0.0543 e. The van der Waals surface area contributed by atoms with Gasteiger partial charge in [0.15, 0.2) is 0 Å². The molecular weight excluding hydrogens is 340 g/mol. The Morgan fingerprint density at radius 1 is 0.893 bits per heavy atom. The molecule has 0 aromatic carbocycles. The van der Waals surface area contributed by atoms with Gasteiger partial charge in [0.2, 0.25) is 0 Å². The molecule has 0 amide bonds. The minimum Gasteiger partial charge on any atom is -0.393 e. The van der Waals surface area contributed by atoms with Gasteiger partial charge in [0.1, 0.15) is 0 Å². The molecular formula is C27H46O. The van der Waals surface area contributed by atoms with Gasteiger partial charge in [-0.25, -0.2) is 0 Å². The number of allylic oxidation sites excluding steroid dienone is 2. The van der Waals surface area contributed by atoms with Gasteiger partial charge in [0.05, 0.1) is 6.10 Å². The zero-order valence-electron chi connectivity index (χ0n) is 19.3. The Hall–Kier alpha value is -0.300. The second-order valence-corrected chi connectivity index (χ2v) is 11.9. The van der Waals surface area contributed by atoms with E-state index in [1.54, 1.807) is 0 Å². The van der Waals surface area contributed by atoms with Crippen molar-refractivity contribution in [3.05, 3.63) is 12.2 Å². The van der Waals surface area contributed by atoms with E-state index in [-0.39, 0.29) is 6.10 Å². The third-order valence-corrected chi connectivity index (χ3v) is 10.7. The first-order chi connectivity index (χ1) is 13.3. The number of aliphatic hydroxyl groups excluding tert-OH is 1. The topological polar surface area (TPSA) is 20.2 Å². The minimum absolute atomic E-state index is 0.0162. The summed E-state index contributed by atoms with van der Waals surface area (Å²) in [5.74, 6) is 5.99. The van der Waals surface area contributed by atoms with E-state index in [9.17, 15) is 5.11 Å². The Morgan fingerprint density at radius 3 is 2.36 bits per heavy atom. The predicted molar refractivity (Wildman–Crippen MR) is 119 cm³/mol. The van der Waals surface area contributed by atoms with Gasteiger partial charge in [0, 0.05) is 0 Å². The number of hydrogen-bond donors (Lipinski definition) is 1. The summed E-state index contributed by atoms with van der Waals surface area (Å²) in [6.45, 7) is 12.5. The fourth-order valence-electron chi connectivity index (χ4n) is 8.77. The van der Waals surface area contributed by atoms with Gasteiger partial charge >= 0.3 is 0 Å². The lowest BCUT2D eigenvalue weighted by Gasteiger charge is -2.61. The van der Waals surface area contributed by atoms with Crippen LogP contribution >= 0.6 is 0 Å². The monoisotopic (exact) mass is 386 g/mol. The van der Waals surface area contributed by atoms with Crippen molar-refractivity contribution in [2.24, 2.45) is 52.3 Å². The van der Waals surface area contributed by atoms with E-state index in [0.29, 0.717) is 10.8 Å². The first-order valence-corrected chi connectivity index (χ1v) is 12.7. The van der Waals surface area contributed by atoms with Crippen molar-refractivity contribution in [3.8, 4) is 0 Å². The second-order valence-electron chi connectivity index (χ2n) is 11.9. The number of rotatable bonds is 4. The zero-order valence-corrected chi connectivity index (χ0v) is 19.3. The van der Waals surface area contributed by atoms with Gasteiger partial charge in [-0.3, -0.25) is 0 Å². The van der Waals surface area contributed by atoms with E-state index in [1.165, 1.54) is 51.4 Å². The van der Waals surface area contributed by atoms with E-state index < -0.39 is 0 Å². The number of fused-ring (bicyclic) bond motifs is 5. The fourth-order valence-corrected chi connectivity index (χ4v) is 8.77. The van der Waals surface area contributed by atoms with Gasteiger partial charge in [-0.05, 0) is 110 Å². The van der Waals surface area contributed by atoms with Gasteiger partial charge < -0.3 is 5.11 Å². The van der Waals surface area contributed by atoms with Crippen LogP contribution in [0.2, 0.25) is 0 Å². The summed E-state index contributed by atoms with van der Waals surface area (Å²) in [4.78, 5) is 0. The molecule has 0 saturated heterocycles. The van der Waals surface area contributed by atoms with E-state index in [2.05, 4.69) is 46.8 Å². The lowest BCUT2D eigenvalue weighted by molar-refractivity contribution is -0.128. The van der Waals surface area contributed by atoms with Gasteiger partial charge in [0.25, 0.3) is 0 Å². The Bertz CT molecular complexity index is 581. The van der Waals surface area contributed by atoms with Crippen LogP contribution in [0.5, 0.6) is 0 Å². The largest absolute Gasteiger partial charge is 0.393 e. The molecule has 4 rings (SSSR count). The molecule has 0 radical (unpaired) electrons. The van der Waals surface area contributed by atoms with Crippen LogP contribution in [0, 0.1) is 52.3 Å². The molecule has 0 aliphatic heterocycles. The van der Waals surface area contributed by atoms with E-state index in [0.717, 1.165) is 54.3 Å². The van der Waals surface area contributed by atoms with Crippen molar-refractivity contribution in [2.45, 2.75) is 105 Å². The highest BCUT2D eigenvalue weighted by Crippen LogP contribution is 2.68. The van der Waals surface area contributed by atoms with Crippen LogP contribution < -0.4 is 0 Å². The highest BCUT2D eigenvalue weighted by Gasteiger charge is 2.60. The quantitative estimate of drug-likeness (QED) is 0.505. The fraction of sp³-hybridized carbons (Fsp3) is 0.926. The molecule has 0 spiro atoms. The summed E-state index contributed by atoms with van der Waals surface area (Å²) in [7, 11) is 0. The highest BCUT2D eigenvalue weighted by atomic mass is 16.3. The van der Waals surface area contributed by atoms with Crippen LogP contribution in [0.25, 0.3) is 0 Å². The highest BCUT2D eigenvalue weighted by molar-refractivity contribution is 5.11. The van der Waals surface area contributed by atoms with E-state index in [4.69, 9.17) is 0 Å². The van der Waals surface area contributed by atoms with Crippen molar-refractivity contribution >= 4 is 0 Å². The van der Waals surface area contributed by atoms with Crippen molar-refractivity contribution < 1.29 is 5.11 Å². The molecule has 0 unspecified atom stereocenters. The van der Waals surface area contributed by atoms with Crippen LogP contribution in [0.15, 0.2) is 12.2 Å². The third kappa shape index (κ3) is 3.32. The first-order valence-electron chi connectivity index (χ1n) is 12.7. The number of hydrogen-bond acceptors (Lipinski definition) is 1. The smallest absolute Gasteiger partial charge is 0.0543 e. The Labute approximate surface area is 174 Å². The predicted octanol–water partition coefficient (Wildman–Crippen LogP) is 7.24. The molecule has 4 fully saturated rings. The molecule has 10 atom stereocenters. The van der Waals surface area contributed by atoms with Crippen LogP contribution in [0.3, 0.4) is 0 Å². The molecule has 0 bridgehead atoms. The van der Waals surface area contributed by atoms with Gasteiger partial charge in [-0.2, -0.15) is 0 Å².